The van der Waals surface area contributed by atoms with Gasteiger partial charge < -0.3 is 15.4 Å². The monoisotopic (exact) mass is 384 g/mol. The zero-order chi connectivity index (χ0) is 19.0. The maximum absolute atomic E-state index is 12.5. The van der Waals surface area contributed by atoms with Gasteiger partial charge in [0.2, 0.25) is 21.8 Å². The molecular formula is C16H24N4O5S. The fourth-order valence-corrected chi connectivity index (χ4v) is 4.11. The van der Waals surface area contributed by atoms with Crippen molar-refractivity contribution in [1.82, 2.24) is 19.9 Å². The summed E-state index contributed by atoms with van der Waals surface area (Å²) in [6.07, 6.45) is 3.66. The van der Waals surface area contributed by atoms with Gasteiger partial charge in [0.15, 0.2) is 0 Å². The van der Waals surface area contributed by atoms with E-state index in [4.69, 9.17) is 4.74 Å². The summed E-state index contributed by atoms with van der Waals surface area (Å²) in [7, 11) is -2.05. The Morgan fingerprint density at radius 2 is 2.04 bits per heavy atom. The van der Waals surface area contributed by atoms with Crippen molar-refractivity contribution in [3.8, 4) is 0 Å². The second-order valence-electron chi connectivity index (χ2n) is 5.93. The fourth-order valence-electron chi connectivity index (χ4n) is 2.67. The first-order chi connectivity index (χ1) is 12.4. The summed E-state index contributed by atoms with van der Waals surface area (Å²) in [6, 6.07) is 3.08. The van der Waals surface area contributed by atoms with Gasteiger partial charge in [-0.3, -0.25) is 14.6 Å². The normalized spacial score (nSPS) is 16.2. The second-order valence-corrected chi connectivity index (χ2v) is 7.87. The van der Waals surface area contributed by atoms with E-state index in [1.807, 2.05) is 0 Å². The van der Waals surface area contributed by atoms with E-state index in [0.29, 0.717) is 26.0 Å². The number of amides is 2. The molecule has 2 rings (SSSR count). The van der Waals surface area contributed by atoms with Crippen molar-refractivity contribution in [2.45, 2.75) is 17.7 Å². The standard InChI is InChI=1S/C16H24N4O5S/c1-25-10-7-18-15(21)12-19-16(22)13-4-8-20(9-5-13)26(23,24)14-3-2-6-17-11-14/h2-3,6,11,13H,4-5,7-10,12H2,1H3,(H,18,21)(H,19,22). The van der Waals surface area contributed by atoms with E-state index >= 15 is 0 Å². The summed E-state index contributed by atoms with van der Waals surface area (Å²) < 4.78 is 31.2. The van der Waals surface area contributed by atoms with E-state index in [0.717, 1.165) is 0 Å². The summed E-state index contributed by atoms with van der Waals surface area (Å²) in [4.78, 5) is 27.7. The predicted octanol–water partition coefficient (Wildman–Crippen LogP) is -0.639. The molecule has 2 N–H and O–H groups in total. The molecule has 1 fully saturated rings. The van der Waals surface area contributed by atoms with E-state index in [9.17, 15) is 18.0 Å². The Bertz CT molecular complexity index is 703. The minimum Gasteiger partial charge on any atom is -0.383 e. The highest BCUT2D eigenvalue weighted by molar-refractivity contribution is 7.89. The quantitative estimate of drug-likeness (QED) is 0.576. The summed E-state index contributed by atoms with van der Waals surface area (Å²) in [6.45, 7) is 1.21. The molecule has 0 radical (unpaired) electrons. The fraction of sp³-hybridized carbons (Fsp3) is 0.562. The molecule has 2 amide bonds. The van der Waals surface area contributed by atoms with E-state index in [1.54, 1.807) is 6.07 Å². The number of nitrogens with zero attached hydrogens (tertiary/aromatic N) is 2. The zero-order valence-electron chi connectivity index (χ0n) is 14.7. The van der Waals surface area contributed by atoms with Gasteiger partial charge in [0.25, 0.3) is 0 Å². The average Bonchev–Trinajstić information content (AvgIpc) is 2.67. The number of hydrogen-bond acceptors (Lipinski definition) is 6. The van der Waals surface area contributed by atoms with Gasteiger partial charge in [0.05, 0.1) is 13.2 Å². The molecule has 2 heterocycles. The van der Waals surface area contributed by atoms with Crippen molar-refractivity contribution < 1.29 is 22.7 Å². The van der Waals surface area contributed by atoms with Crippen molar-refractivity contribution in [3.63, 3.8) is 0 Å². The predicted molar refractivity (Wildman–Crippen MR) is 93.6 cm³/mol. The molecule has 0 unspecified atom stereocenters. The van der Waals surface area contributed by atoms with E-state index in [2.05, 4.69) is 15.6 Å². The largest absolute Gasteiger partial charge is 0.383 e. The SMILES string of the molecule is COCCNC(=O)CNC(=O)C1CCN(S(=O)(=O)c2cccnc2)CC1. The van der Waals surface area contributed by atoms with Gasteiger partial charge in [-0.05, 0) is 25.0 Å². The zero-order valence-corrected chi connectivity index (χ0v) is 15.5. The van der Waals surface area contributed by atoms with Gasteiger partial charge in [0, 0.05) is 45.1 Å². The van der Waals surface area contributed by atoms with Gasteiger partial charge in [-0.1, -0.05) is 0 Å². The van der Waals surface area contributed by atoms with Crippen LogP contribution in [-0.4, -0.2) is 69.4 Å². The van der Waals surface area contributed by atoms with Crippen molar-refractivity contribution >= 4 is 21.8 Å². The Morgan fingerprint density at radius 1 is 1.31 bits per heavy atom. The Morgan fingerprint density at radius 3 is 2.65 bits per heavy atom. The van der Waals surface area contributed by atoms with E-state index < -0.39 is 10.0 Å². The van der Waals surface area contributed by atoms with Gasteiger partial charge in [-0.2, -0.15) is 4.31 Å². The van der Waals surface area contributed by atoms with Gasteiger partial charge in [-0.15, -0.1) is 0 Å². The lowest BCUT2D eigenvalue weighted by molar-refractivity contribution is -0.129. The summed E-state index contributed by atoms with van der Waals surface area (Å²) in [5.41, 5.74) is 0. The van der Waals surface area contributed by atoms with Crippen LogP contribution in [-0.2, 0) is 24.3 Å². The maximum atomic E-state index is 12.5. The number of nitrogens with one attached hydrogen (secondary N) is 2. The van der Waals surface area contributed by atoms with Crippen molar-refractivity contribution in [2.75, 3.05) is 39.9 Å². The van der Waals surface area contributed by atoms with E-state index in [-0.39, 0.29) is 42.3 Å². The molecule has 0 atom stereocenters. The number of aromatic nitrogens is 1. The summed E-state index contributed by atoms with van der Waals surface area (Å²) in [5.74, 6) is -0.820. The van der Waals surface area contributed by atoms with Gasteiger partial charge in [0.1, 0.15) is 4.90 Å². The summed E-state index contributed by atoms with van der Waals surface area (Å²) in [5, 5.41) is 5.21. The molecule has 144 valence electrons. The van der Waals surface area contributed by atoms with Crippen LogP contribution in [0.3, 0.4) is 0 Å². The molecule has 0 spiro atoms. The third-order valence-electron chi connectivity index (χ3n) is 4.15. The highest BCUT2D eigenvalue weighted by Gasteiger charge is 2.32. The summed E-state index contributed by atoms with van der Waals surface area (Å²) >= 11 is 0. The maximum Gasteiger partial charge on any atom is 0.244 e. The number of pyridine rings is 1. The lowest BCUT2D eigenvalue weighted by Gasteiger charge is -2.30. The van der Waals surface area contributed by atoms with Crippen molar-refractivity contribution in [3.05, 3.63) is 24.5 Å². The molecule has 0 aliphatic carbocycles. The number of carbonyl (C=O) groups excluding carboxylic acids is 2. The average molecular weight is 384 g/mol. The van der Waals surface area contributed by atoms with Gasteiger partial charge in [-0.25, -0.2) is 8.42 Å². The Kier molecular flexibility index (Phi) is 7.49. The minimum atomic E-state index is -3.59. The molecule has 1 aromatic heterocycles. The van der Waals surface area contributed by atoms with Gasteiger partial charge >= 0.3 is 0 Å². The van der Waals surface area contributed by atoms with Crippen LogP contribution in [0.4, 0.5) is 0 Å². The Balaban J connectivity index is 1.79. The van der Waals surface area contributed by atoms with Crippen LogP contribution in [0.15, 0.2) is 29.4 Å². The smallest absolute Gasteiger partial charge is 0.244 e. The Hall–Kier alpha value is -2.04. The van der Waals surface area contributed by atoms with Crippen LogP contribution in [0.5, 0.6) is 0 Å². The Labute approximate surface area is 153 Å². The van der Waals surface area contributed by atoms with Crippen LogP contribution in [0.25, 0.3) is 0 Å². The molecule has 1 aliphatic rings. The number of sulfonamides is 1. The molecule has 1 saturated heterocycles. The number of methoxy groups -OCH3 is 1. The first-order valence-corrected chi connectivity index (χ1v) is 9.82. The van der Waals surface area contributed by atoms with Crippen molar-refractivity contribution in [1.29, 1.82) is 0 Å². The van der Waals surface area contributed by atoms with E-state index in [1.165, 1.54) is 29.9 Å². The number of carbonyl (C=O) groups is 2. The van der Waals surface area contributed by atoms with Crippen LogP contribution < -0.4 is 10.6 Å². The molecule has 26 heavy (non-hydrogen) atoms. The highest BCUT2D eigenvalue weighted by Crippen LogP contribution is 2.23. The van der Waals surface area contributed by atoms with Crippen molar-refractivity contribution in [2.24, 2.45) is 5.92 Å². The van der Waals surface area contributed by atoms with Crippen LogP contribution in [0, 0.1) is 5.92 Å². The topological polar surface area (TPSA) is 118 Å². The minimum absolute atomic E-state index is 0.100. The number of ether oxygens (including phenoxy) is 1. The first kappa shape index (κ1) is 20.3. The first-order valence-electron chi connectivity index (χ1n) is 8.38. The van der Waals surface area contributed by atoms with Crippen LogP contribution in [0.1, 0.15) is 12.8 Å². The van der Waals surface area contributed by atoms with Crippen LogP contribution in [0.2, 0.25) is 0 Å². The molecule has 0 saturated carbocycles. The third kappa shape index (κ3) is 5.48. The molecule has 10 heteroatoms. The van der Waals surface area contributed by atoms with Crippen LogP contribution >= 0.6 is 0 Å². The third-order valence-corrected chi connectivity index (χ3v) is 6.03. The lowest BCUT2D eigenvalue weighted by atomic mass is 9.97. The molecule has 1 aromatic rings. The lowest BCUT2D eigenvalue weighted by Crippen LogP contribution is -2.45. The number of piperidine rings is 1. The highest BCUT2D eigenvalue weighted by atomic mass is 32.2. The number of hydrogen-bond donors (Lipinski definition) is 2. The molecular weight excluding hydrogens is 360 g/mol. The molecule has 0 aromatic carbocycles. The second kappa shape index (κ2) is 9.60. The number of rotatable bonds is 8. The molecule has 1 aliphatic heterocycles. The molecule has 0 bridgehead atoms. The molecule has 9 nitrogen and oxygen atoms in total.